The monoisotopic (exact) mass is 376 g/mol. The summed E-state index contributed by atoms with van der Waals surface area (Å²) in [5.74, 6) is -0.0471. The zero-order chi connectivity index (χ0) is 19.5. The lowest BCUT2D eigenvalue weighted by Gasteiger charge is -2.17. The maximum atomic E-state index is 12.4. The summed E-state index contributed by atoms with van der Waals surface area (Å²) in [6.45, 7) is 1.07. The normalized spacial score (nSPS) is 13.9. The van der Waals surface area contributed by atoms with Gasteiger partial charge in [-0.2, -0.15) is 5.10 Å². The van der Waals surface area contributed by atoms with E-state index in [9.17, 15) is 14.4 Å². The Balaban J connectivity index is 1.44. The predicted molar refractivity (Wildman–Crippen MR) is 107 cm³/mol. The van der Waals surface area contributed by atoms with Gasteiger partial charge in [-0.15, -0.1) is 0 Å². The van der Waals surface area contributed by atoms with Gasteiger partial charge in [0.1, 0.15) is 0 Å². The fourth-order valence-electron chi connectivity index (χ4n) is 3.44. The van der Waals surface area contributed by atoms with Gasteiger partial charge in [0, 0.05) is 36.1 Å². The van der Waals surface area contributed by atoms with E-state index >= 15 is 0 Å². The topological polar surface area (TPSA) is 84.3 Å². The number of fused-ring (bicyclic) bond motifs is 1. The van der Waals surface area contributed by atoms with Crippen LogP contribution < -0.4 is 15.6 Å². The second-order valence-electron chi connectivity index (χ2n) is 6.75. The van der Waals surface area contributed by atoms with E-state index < -0.39 is 0 Å². The lowest BCUT2D eigenvalue weighted by atomic mass is 10.2. The quantitative estimate of drug-likeness (QED) is 0.742. The second-order valence-corrected chi connectivity index (χ2v) is 6.75. The molecule has 28 heavy (non-hydrogen) atoms. The average Bonchev–Trinajstić information content (AvgIpc) is 3.14. The number of rotatable bonds is 5. The number of para-hydroxylation sites is 1. The van der Waals surface area contributed by atoms with Crippen LogP contribution in [0.15, 0.2) is 59.5 Å². The summed E-state index contributed by atoms with van der Waals surface area (Å²) in [4.78, 5) is 37.9. The van der Waals surface area contributed by atoms with Gasteiger partial charge >= 0.3 is 0 Å². The van der Waals surface area contributed by atoms with Crippen LogP contribution in [0, 0.1) is 0 Å². The van der Waals surface area contributed by atoms with Crippen molar-refractivity contribution >= 4 is 34.1 Å². The van der Waals surface area contributed by atoms with Crippen LogP contribution in [-0.2, 0) is 16.1 Å². The second kappa shape index (κ2) is 7.64. The van der Waals surface area contributed by atoms with E-state index in [1.807, 2.05) is 30.3 Å². The first-order valence-electron chi connectivity index (χ1n) is 9.27. The fourth-order valence-corrected chi connectivity index (χ4v) is 3.44. The highest BCUT2D eigenvalue weighted by Gasteiger charge is 2.21. The minimum absolute atomic E-state index is 0.111. The van der Waals surface area contributed by atoms with E-state index in [2.05, 4.69) is 10.4 Å². The summed E-state index contributed by atoms with van der Waals surface area (Å²) >= 11 is 0. The fraction of sp³-hybridized carbons (Fsp3) is 0.238. The molecule has 1 N–H and O–H groups in total. The Morgan fingerprint density at radius 1 is 1.11 bits per heavy atom. The predicted octanol–water partition coefficient (Wildman–Crippen LogP) is 2.55. The van der Waals surface area contributed by atoms with Gasteiger partial charge in [0.15, 0.2) is 0 Å². The largest absolute Gasteiger partial charge is 0.326 e. The molecule has 1 aliphatic rings. The van der Waals surface area contributed by atoms with Crippen LogP contribution in [0.25, 0.3) is 10.9 Å². The Hall–Kier alpha value is -3.48. The maximum absolute atomic E-state index is 12.4. The van der Waals surface area contributed by atoms with Gasteiger partial charge < -0.3 is 10.2 Å². The molecule has 3 aromatic rings. The smallest absolute Gasteiger partial charge is 0.227 e. The van der Waals surface area contributed by atoms with Crippen LogP contribution in [0.1, 0.15) is 19.3 Å². The minimum Gasteiger partial charge on any atom is -0.326 e. The highest BCUT2D eigenvalue weighted by Crippen LogP contribution is 2.24. The number of amides is 2. The van der Waals surface area contributed by atoms with Crippen molar-refractivity contribution in [2.75, 3.05) is 16.8 Å². The van der Waals surface area contributed by atoms with Gasteiger partial charge in [-0.25, -0.2) is 0 Å². The molecule has 2 amide bonds. The lowest BCUT2D eigenvalue weighted by Crippen LogP contribution is -2.24. The van der Waals surface area contributed by atoms with Gasteiger partial charge in [-0.1, -0.05) is 18.2 Å². The van der Waals surface area contributed by atoms with Crippen molar-refractivity contribution in [3.63, 3.8) is 0 Å². The Labute approximate surface area is 161 Å². The number of nitrogens with zero attached hydrogens (tertiary/aromatic N) is 3. The molecular formula is C21H20N4O3. The molecule has 7 nitrogen and oxygen atoms in total. The first kappa shape index (κ1) is 17.9. The molecule has 2 heterocycles. The Morgan fingerprint density at radius 2 is 1.96 bits per heavy atom. The minimum atomic E-state index is -0.158. The van der Waals surface area contributed by atoms with Gasteiger partial charge in [-0.3, -0.25) is 19.1 Å². The summed E-state index contributed by atoms with van der Waals surface area (Å²) in [6.07, 6.45) is 2.91. The van der Waals surface area contributed by atoms with Crippen molar-refractivity contribution in [2.24, 2.45) is 0 Å². The summed E-state index contributed by atoms with van der Waals surface area (Å²) in [5.41, 5.74) is 2.02. The summed E-state index contributed by atoms with van der Waals surface area (Å²) < 4.78 is 1.66. The first-order chi connectivity index (χ1) is 13.6. The number of aromatic nitrogens is 2. The Kier molecular flexibility index (Phi) is 4.89. The SMILES string of the molecule is O=C(CCn1ncc(=O)c2ccccc21)Nc1cccc(N2CCCC2=O)c1. The third-order valence-electron chi connectivity index (χ3n) is 4.83. The van der Waals surface area contributed by atoms with Gasteiger partial charge in [0.25, 0.3) is 0 Å². The zero-order valence-corrected chi connectivity index (χ0v) is 15.3. The molecule has 7 heteroatoms. The maximum Gasteiger partial charge on any atom is 0.227 e. The van der Waals surface area contributed by atoms with Gasteiger partial charge in [0.2, 0.25) is 17.2 Å². The molecule has 0 radical (unpaired) electrons. The van der Waals surface area contributed by atoms with Crippen molar-refractivity contribution in [1.29, 1.82) is 0 Å². The van der Waals surface area contributed by atoms with Crippen LogP contribution in [0.5, 0.6) is 0 Å². The third kappa shape index (κ3) is 3.64. The van der Waals surface area contributed by atoms with E-state index in [0.29, 0.717) is 36.1 Å². The van der Waals surface area contributed by atoms with Crippen LogP contribution in [0.3, 0.4) is 0 Å². The molecule has 1 saturated heterocycles. The highest BCUT2D eigenvalue weighted by molar-refractivity contribution is 5.97. The van der Waals surface area contributed by atoms with E-state index in [-0.39, 0.29) is 23.7 Å². The van der Waals surface area contributed by atoms with Crippen molar-refractivity contribution in [3.8, 4) is 0 Å². The number of nitrogens with one attached hydrogen (secondary N) is 1. The van der Waals surface area contributed by atoms with Crippen molar-refractivity contribution in [1.82, 2.24) is 9.78 Å². The van der Waals surface area contributed by atoms with Gasteiger partial charge in [0.05, 0.1) is 18.3 Å². The molecule has 2 aromatic carbocycles. The van der Waals surface area contributed by atoms with Gasteiger partial charge in [-0.05, 0) is 36.8 Å². The molecule has 0 bridgehead atoms. The van der Waals surface area contributed by atoms with E-state index in [1.54, 1.807) is 27.8 Å². The van der Waals surface area contributed by atoms with Crippen molar-refractivity contribution in [2.45, 2.75) is 25.8 Å². The Bertz CT molecular complexity index is 1110. The lowest BCUT2D eigenvalue weighted by molar-refractivity contribution is -0.117. The van der Waals surface area contributed by atoms with Crippen LogP contribution in [-0.4, -0.2) is 28.1 Å². The van der Waals surface area contributed by atoms with Crippen LogP contribution in [0.2, 0.25) is 0 Å². The molecule has 142 valence electrons. The van der Waals surface area contributed by atoms with E-state index in [4.69, 9.17) is 0 Å². The number of carbonyl (C=O) groups excluding carboxylic acids is 2. The van der Waals surface area contributed by atoms with Crippen LogP contribution >= 0.6 is 0 Å². The molecule has 0 unspecified atom stereocenters. The standard InChI is InChI=1S/C21H20N4O3/c26-19-14-22-25(18-8-2-1-7-17(18)19)12-10-20(27)23-15-5-3-6-16(13-15)24-11-4-9-21(24)28/h1-3,5-8,13-14H,4,9-12H2,(H,23,27). The zero-order valence-electron chi connectivity index (χ0n) is 15.3. The molecule has 0 atom stereocenters. The molecule has 1 aromatic heterocycles. The molecular weight excluding hydrogens is 356 g/mol. The molecule has 0 spiro atoms. The average molecular weight is 376 g/mol. The Morgan fingerprint density at radius 3 is 2.79 bits per heavy atom. The molecule has 1 aliphatic heterocycles. The summed E-state index contributed by atoms with van der Waals surface area (Å²) in [5, 5.41) is 7.59. The number of hydrogen-bond donors (Lipinski definition) is 1. The summed E-state index contributed by atoms with van der Waals surface area (Å²) in [7, 11) is 0. The van der Waals surface area contributed by atoms with E-state index in [0.717, 1.165) is 12.1 Å². The molecule has 0 aliphatic carbocycles. The number of hydrogen-bond acceptors (Lipinski definition) is 4. The molecule has 1 fully saturated rings. The number of benzene rings is 2. The number of anilines is 2. The molecule has 4 rings (SSSR count). The number of carbonyl (C=O) groups is 2. The van der Waals surface area contributed by atoms with Crippen molar-refractivity contribution < 1.29 is 9.59 Å². The van der Waals surface area contributed by atoms with Crippen molar-refractivity contribution in [3.05, 3.63) is 65.0 Å². The summed E-state index contributed by atoms with van der Waals surface area (Å²) in [6, 6.07) is 14.5. The van der Waals surface area contributed by atoms with Crippen LogP contribution in [0.4, 0.5) is 11.4 Å². The highest BCUT2D eigenvalue weighted by atomic mass is 16.2. The molecule has 0 saturated carbocycles. The first-order valence-corrected chi connectivity index (χ1v) is 9.27. The number of aryl methyl sites for hydroxylation is 1. The van der Waals surface area contributed by atoms with E-state index in [1.165, 1.54) is 6.20 Å². The third-order valence-corrected chi connectivity index (χ3v) is 4.83.